The smallest absolute Gasteiger partial charge is 0.233 e. The molecule has 3 nitrogen and oxygen atoms in total. The maximum atomic E-state index is 12.4. The zero-order valence-electron chi connectivity index (χ0n) is 15.6. The van der Waals surface area contributed by atoms with Crippen LogP contribution in [0.15, 0.2) is 59.5 Å². The van der Waals surface area contributed by atoms with Crippen molar-refractivity contribution in [3.05, 3.63) is 65.1 Å². The highest BCUT2D eigenvalue weighted by atomic mass is 35.5. The molecule has 1 N–H and O–H groups in total. The van der Waals surface area contributed by atoms with Crippen LogP contribution in [0, 0.1) is 0 Å². The molecule has 0 spiro atoms. The minimum Gasteiger partial charge on any atom is -0.497 e. The fraction of sp³-hybridized carbons (Fsp3) is 0.350. The molecule has 0 radical (unpaired) electrons. The minimum atomic E-state index is -0.202. The molecule has 26 heavy (non-hydrogen) atoms. The summed E-state index contributed by atoms with van der Waals surface area (Å²) in [6, 6.07) is 7.62. The maximum absolute atomic E-state index is 12.4. The van der Waals surface area contributed by atoms with Crippen molar-refractivity contribution in [2.45, 2.75) is 32.1 Å². The Morgan fingerprint density at radius 2 is 1.96 bits per heavy atom. The van der Waals surface area contributed by atoms with Gasteiger partial charge in [-0.1, -0.05) is 42.8 Å². The van der Waals surface area contributed by atoms with Gasteiger partial charge in [0.15, 0.2) is 0 Å². The number of benzene rings is 1. The Hall–Kier alpha value is -1.36. The van der Waals surface area contributed by atoms with Crippen LogP contribution in [0.25, 0.3) is 0 Å². The standard InChI is InChI=1S/C18H23Cl2NO2S.C2H4/c1-4-16(24-17(13(2)20)6-5-11-19)18(22)21-12-14-7-9-15(23-3)10-8-14;1-2/h5-10,16H,4,11-12H2,1-3H3,(H,21,22);1-2H2/b6-5-,17-13-;. The predicted molar refractivity (Wildman–Crippen MR) is 116 cm³/mol. The van der Waals surface area contributed by atoms with Gasteiger partial charge in [0.2, 0.25) is 5.91 Å². The third-order valence-corrected chi connectivity index (χ3v) is 5.28. The summed E-state index contributed by atoms with van der Waals surface area (Å²) in [5.41, 5.74) is 1.02. The normalized spacial score (nSPS) is 12.7. The van der Waals surface area contributed by atoms with Gasteiger partial charge in [0, 0.05) is 22.4 Å². The number of thioether (sulfide) groups is 1. The van der Waals surface area contributed by atoms with Crippen molar-refractivity contribution in [2.24, 2.45) is 0 Å². The largest absolute Gasteiger partial charge is 0.497 e. The van der Waals surface area contributed by atoms with E-state index in [1.54, 1.807) is 7.11 Å². The number of methoxy groups -OCH3 is 1. The number of carbonyl (C=O) groups excluding carboxylic acids is 1. The second-order valence-electron chi connectivity index (χ2n) is 5.04. The zero-order valence-corrected chi connectivity index (χ0v) is 17.9. The van der Waals surface area contributed by atoms with E-state index in [0.717, 1.165) is 16.2 Å². The van der Waals surface area contributed by atoms with Crippen LogP contribution in [0.5, 0.6) is 5.75 Å². The molecule has 144 valence electrons. The molecule has 1 unspecified atom stereocenters. The molecule has 1 atom stereocenters. The summed E-state index contributed by atoms with van der Waals surface area (Å²) in [7, 11) is 1.63. The Labute approximate surface area is 171 Å². The molecule has 1 aromatic rings. The summed E-state index contributed by atoms with van der Waals surface area (Å²) in [5, 5.41) is 3.42. The topological polar surface area (TPSA) is 38.3 Å². The van der Waals surface area contributed by atoms with Crippen LogP contribution in [0.1, 0.15) is 25.8 Å². The molecule has 1 rings (SSSR count). The van der Waals surface area contributed by atoms with Crippen LogP contribution in [0.2, 0.25) is 0 Å². The summed E-state index contributed by atoms with van der Waals surface area (Å²) in [4.78, 5) is 13.3. The monoisotopic (exact) mass is 415 g/mol. The lowest BCUT2D eigenvalue weighted by Crippen LogP contribution is -2.32. The number of amides is 1. The average molecular weight is 416 g/mol. The van der Waals surface area contributed by atoms with Crippen molar-refractivity contribution < 1.29 is 9.53 Å². The van der Waals surface area contributed by atoms with Crippen LogP contribution < -0.4 is 10.1 Å². The summed E-state index contributed by atoms with van der Waals surface area (Å²) in [5.74, 6) is 1.20. The molecule has 0 aliphatic heterocycles. The molecule has 6 heteroatoms. The quantitative estimate of drug-likeness (QED) is 0.310. The third kappa shape index (κ3) is 9.37. The van der Waals surface area contributed by atoms with Crippen molar-refractivity contribution in [1.29, 1.82) is 0 Å². The van der Waals surface area contributed by atoms with Gasteiger partial charge in [-0.15, -0.1) is 36.5 Å². The van der Waals surface area contributed by atoms with Gasteiger partial charge in [0.1, 0.15) is 5.75 Å². The number of ether oxygens (including phenoxy) is 1. The van der Waals surface area contributed by atoms with Gasteiger partial charge in [-0.05, 0) is 31.0 Å². The van der Waals surface area contributed by atoms with E-state index in [-0.39, 0.29) is 11.2 Å². The first-order valence-electron chi connectivity index (χ1n) is 8.18. The van der Waals surface area contributed by atoms with Gasteiger partial charge in [-0.2, -0.15) is 0 Å². The Morgan fingerprint density at radius 1 is 1.35 bits per heavy atom. The molecule has 0 bridgehead atoms. The Bertz CT molecular complexity index is 596. The fourth-order valence-electron chi connectivity index (χ4n) is 1.91. The van der Waals surface area contributed by atoms with Crippen LogP contribution in [0.3, 0.4) is 0 Å². The highest BCUT2D eigenvalue weighted by Crippen LogP contribution is 2.29. The first-order valence-corrected chi connectivity index (χ1v) is 9.97. The van der Waals surface area contributed by atoms with Gasteiger partial charge >= 0.3 is 0 Å². The molecule has 0 saturated carbocycles. The van der Waals surface area contributed by atoms with Crippen molar-refractivity contribution in [1.82, 2.24) is 5.32 Å². The number of nitrogens with one attached hydrogen (secondary N) is 1. The Morgan fingerprint density at radius 3 is 2.42 bits per heavy atom. The van der Waals surface area contributed by atoms with E-state index in [0.29, 0.717) is 23.9 Å². The van der Waals surface area contributed by atoms with Crippen LogP contribution >= 0.6 is 35.0 Å². The molecule has 0 aliphatic carbocycles. The molecule has 0 aliphatic rings. The molecule has 0 saturated heterocycles. The van der Waals surface area contributed by atoms with Gasteiger partial charge in [-0.3, -0.25) is 4.79 Å². The van der Waals surface area contributed by atoms with Gasteiger partial charge in [0.05, 0.1) is 12.4 Å². The number of rotatable bonds is 9. The molecule has 0 heterocycles. The van der Waals surface area contributed by atoms with Crippen molar-refractivity contribution in [3.8, 4) is 5.75 Å². The molecule has 1 aromatic carbocycles. The Kier molecular flexibility index (Phi) is 14.0. The van der Waals surface area contributed by atoms with Crippen molar-refractivity contribution >= 4 is 40.9 Å². The highest BCUT2D eigenvalue weighted by molar-refractivity contribution is 8.04. The van der Waals surface area contributed by atoms with Gasteiger partial charge in [0.25, 0.3) is 0 Å². The third-order valence-electron chi connectivity index (χ3n) is 3.26. The summed E-state index contributed by atoms with van der Waals surface area (Å²) >= 11 is 13.2. The fourth-order valence-corrected chi connectivity index (χ4v) is 3.20. The van der Waals surface area contributed by atoms with Gasteiger partial charge < -0.3 is 10.1 Å². The number of allylic oxidation sites excluding steroid dienone is 3. The summed E-state index contributed by atoms with van der Waals surface area (Å²) in [6.45, 7) is 10.3. The van der Waals surface area contributed by atoms with Gasteiger partial charge in [-0.25, -0.2) is 0 Å². The molecule has 1 amide bonds. The van der Waals surface area contributed by atoms with Crippen molar-refractivity contribution in [2.75, 3.05) is 13.0 Å². The summed E-state index contributed by atoms with van der Waals surface area (Å²) in [6.07, 6.45) is 4.39. The zero-order chi connectivity index (χ0) is 19.9. The lowest BCUT2D eigenvalue weighted by molar-refractivity contribution is -0.120. The number of hydrogen-bond acceptors (Lipinski definition) is 3. The summed E-state index contributed by atoms with van der Waals surface area (Å²) < 4.78 is 5.12. The van der Waals surface area contributed by atoms with E-state index in [9.17, 15) is 4.79 Å². The maximum Gasteiger partial charge on any atom is 0.233 e. The van der Waals surface area contributed by atoms with E-state index in [4.69, 9.17) is 27.9 Å². The lowest BCUT2D eigenvalue weighted by Gasteiger charge is -2.16. The number of carbonyl (C=O) groups is 1. The first kappa shape index (κ1) is 24.6. The SMILES string of the molecule is C=C.CCC(SC(/C=C\CCl)=C(/C)Cl)C(=O)NCc1ccc(OC)cc1. The average Bonchev–Trinajstić information content (AvgIpc) is 2.68. The Balaban J connectivity index is 0.00000301. The second-order valence-corrected chi connectivity index (χ2v) is 7.16. The van der Waals surface area contributed by atoms with Crippen LogP contribution in [0.4, 0.5) is 0 Å². The van der Waals surface area contributed by atoms with E-state index in [2.05, 4.69) is 18.5 Å². The van der Waals surface area contributed by atoms with E-state index < -0.39 is 0 Å². The molecule has 0 fully saturated rings. The predicted octanol–water partition coefficient (Wildman–Crippen LogP) is 5.89. The second kappa shape index (κ2) is 14.8. The van der Waals surface area contributed by atoms with E-state index in [1.807, 2.05) is 50.3 Å². The number of halogens is 2. The minimum absolute atomic E-state index is 0.00647. The number of alkyl halides is 1. The van der Waals surface area contributed by atoms with Crippen LogP contribution in [-0.4, -0.2) is 24.1 Å². The van der Waals surface area contributed by atoms with E-state index >= 15 is 0 Å². The van der Waals surface area contributed by atoms with Crippen molar-refractivity contribution in [3.63, 3.8) is 0 Å². The molecular weight excluding hydrogens is 389 g/mol. The first-order chi connectivity index (χ1) is 12.5. The number of hydrogen-bond donors (Lipinski definition) is 1. The lowest BCUT2D eigenvalue weighted by atomic mass is 10.2. The van der Waals surface area contributed by atoms with Crippen LogP contribution in [-0.2, 0) is 11.3 Å². The molecule has 0 aromatic heterocycles. The highest BCUT2D eigenvalue weighted by Gasteiger charge is 2.18. The van der Waals surface area contributed by atoms with E-state index in [1.165, 1.54) is 11.8 Å². The molecular formula is C20H27Cl2NO2S.